The first-order chi connectivity index (χ1) is 16.3. The maximum atomic E-state index is 13.3. The van der Waals surface area contributed by atoms with Crippen LogP contribution in [0.1, 0.15) is 10.4 Å². The average Bonchev–Trinajstić information content (AvgIpc) is 2.90. The molecule has 2 N–H and O–H groups in total. The van der Waals surface area contributed by atoms with E-state index in [1.165, 1.54) is 6.20 Å². The zero-order valence-corrected chi connectivity index (χ0v) is 18.8. The molecule has 4 rings (SSSR count). The van der Waals surface area contributed by atoms with Gasteiger partial charge in [0.15, 0.2) is 18.6 Å². The van der Waals surface area contributed by atoms with Crippen LogP contribution >= 0.6 is 7.26 Å². The van der Waals surface area contributed by atoms with Crippen molar-refractivity contribution in [3.8, 4) is 0 Å². The van der Waals surface area contributed by atoms with E-state index in [-0.39, 0.29) is 5.91 Å². The van der Waals surface area contributed by atoms with Crippen molar-refractivity contribution >= 4 is 29.1 Å². The summed E-state index contributed by atoms with van der Waals surface area (Å²) in [6.45, 7) is 0. The van der Waals surface area contributed by atoms with E-state index in [0.717, 1.165) is 15.9 Å². The van der Waals surface area contributed by atoms with Gasteiger partial charge in [-0.05, 0) is 48.5 Å². The third kappa shape index (κ3) is 4.56. The van der Waals surface area contributed by atoms with Gasteiger partial charge in [-0.25, -0.2) is 0 Å². The molecule has 0 aromatic heterocycles. The Hall–Kier alpha value is -4.17. The Morgan fingerprint density at radius 1 is 0.697 bits per heavy atom. The van der Waals surface area contributed by atoms with Crippen molar-refractivity contribution in [1.82, 2.24) is 10.2 Å². The van der Waals surface area contributed by atoms with Gasteiger partial charge >= 0.3 is 0 Å². The molecular weight excluding hydrogens is 427 g/mol. The summed E-state index contributed by atoms with van der Waals surface area (Å²) in [5, 5.41) is 10.2. The first-order valence-electron chi connectivity index (χ1n) is 10.5. The number of nitrogens with zero attached hydrogens (tertiary/aromatic N) is 2. The number of hydrogen-bond donors (Lipinski definition) is 2. The summed E-state index contributed by atoms with van der Waals surface area (Å²) in [5.41, 5.74) is 8.42. The summed E-state index contributed by atoms with van der Waals surface area (Å²) in [4.78, 5) is 16.5. The molecule has 0 aliphatic carbocycles. The van der Waals surface area contributed by atoms with Crippen LogP contribution in [-0.4, -0.2) is 5.91 Å². The highest BCUT2D eigenvalue weighted by Gasteiger charge is 2.51. The van der Waals surface area contributed by atoms with Crippen LogP contribution in [-0.2, 0) is 0 Å². The fourth-order valence-electron chi connectivity index (χ4n) is 3.88. The van der Waals surface area contributed by atoms with Gasteiger partial charge < -0.3 is 0 Å². The molecule has 4 aromatic carbocycles. The Balaban J connectivity index is 2.02. The zero-order valence-electron chi connectivity index (χ0n) is 17.9. The molecule has 0 atom stereocenters. The van der Waals surface area contributed by atoms with Crippen molar-refractivity contribution in [2.75, 3.05) is 0 Å². The summed E-state index contributed by atoms with van der Waals surface area (Å²) in [7, 11) is -2.58. The highest BCUT2D eigenvalue weighted by atomic mass is 31.2. The van der Waals surface area contributed by atoms with Crippen LogP contribution in [0.15, 0.2) is 138 Å². The molecule has 0 bridgehead atoms. The lowest BCUT2D eigenvalue weighted by Crippen LogP contribution is -2.38. The number of carbonyl (C=O) groups is 1. The minimum Gasteiger partial charge on any atom is -0.290 e. The van der Waals surface area contributed by atoms with Crippen molar-refractivity contribution in [3.63, 3.8) is 0 Å². The normalized spacial score (nSPS) is 11.3. The molecule has 6 heteroatoms. The zero-order chi connectivity index (χ0) is 22.9. The van der Waals surface area contributed by atoms with Gasteiger partial charge in [-0.3, -0.25) is 10.1 Å². The van der Waals surface area contributed by atoms with Crippen LogP contribution in [0.25, 0.3) is 0 Å². The number of benzene rings is 4. The number of rotatable bonds is 7. The predicted octanol–water partition coefficient (Wildman–Crippen LogP) is 4.76. The highest BCUT2D eigenvalue weighted by molar-refractivity contribution is 7.99. The van der Waals surface area contributed by atoms with Crippen molar-refractivity contribution in [2.24, 2.45) is 5.11 Å². The SMILES string of the molecule is N=[N+]=N/C=C(\NC(=O)c1ccccc1)[P+](c1ccccc1)(c1ccccc1)c1ccccc1. The molecule has 0 saturated heterocycles. The Bertz CT molecular complexity index is 1190. The number of nitrogens with one attached hydrogen (secondary N) is 2. The van der Waals surface area contributed by atoms with Crippen LogP contribution in [0, 0.1) is 5.53 Å². The average molecular weight is 450 g/mol. The van der Waals surface area contributed by atoms with E-state index in [4.69, 9.17) is 5.53 Å². The van der Waals surface area contributed by atoms with Gasteiger partial charge in [0.2, 0.25) is 10.3 Å². The van der Waals surface area contributed by atoms with Gasteiger partial charge in [-0.2, -0.15) is 0 Å². The van der Waals surface area contributed by atoms with Crippen molar-refractivity contribution < 1.29 is 4.79 Å². The lowest BCUT2D eigenvalue weighted by Gasteiger charge is -2.28. The van der Waals surface area contributed by atoms with Gasteiger partial charge in [0.05, 0.1) is 0 Å². The van der Waals surface area contributed by atoms with E-state index in [1.54, 1.807) is 12.1 Å². The van der Waals surface area contributed by atoms with Crippen molar-refractivity contribution in [2.45, 2.75) is 0 Å². The second-order valence-electron chi connectivity index (χ2n) is 7.23. The fourth-order valence-corrected chi connectivity index (χ4v) is 7.96. The summed E-state index contributed by atoms with van der Waals surface area (Å²) in [6, 6.07) is 39.5. The van der Waals surface area contributed by atoms with Gasteiger partial charge in [-0.1, -0.05) is 72.8 Å². The van der Waals surface area contributed by atoms with Gasteiger partial charge in [-0.15, -0.1) is 0 Å². The Morgan fingerprint density at radius 2 is 1.09 bits per heavy atom. The maximum absolute atomic E-state index is 13.3. The summed E-state index contributed by atoms with van der Waals surface area (Å²) in [6.07, 6.45) is 1.51. The van der Waals surface area contributed by atoms with E-state index in [1.807, 2.05) is 72.8 Å². The van der Waals surface area contributed by atoms with Crippen LogP contribution in [0.5, 0.6) is 0 Å². The number of carbonyl (C=O) groups excluding carboxylic acids is 1. The molecule has 0 aliphatic rings. The van der Waals surface area contributed by atoms with Crippen LogP contribution in [0.2, 0.25) is 0 Å². The van der Waals surface area contributed by atoms with Gasteiger partial charge in [0.25, 0.3) is 5.91 Å². The minimum atomic E-state index is -2.58. The molecule has 1 amide bonds. The topological polar surface area (TPSA) is 79.4 Å². The van der Waals surface area contributed by atoms with Crippen molar-refractivity contribution in [3.05, 3.63) is 139 Å². The molecule has 0 heterocycles. The number of amides is 1. The molecule has 0 spiro atoms. The Labute approximate surface area is 193 Å². The standard InChI is InChI=1S/C27H22N4OP/c28-31-29-21-26(30-27(32)22-13-5-1-6-14-22)33(23-15-7-2-8-16-23,24-17-9-3-10-18-24)25-19-11-4-12-20-25/h1-21,28H/q+1/p+1. The molecule has 5 nitrogen and oxygen atoms in total. The Kier molecular flexibility index (Phi) is 6.96. The first-order valence-corrected chi connectivity index (χ1v) is 12.3. The molecule has 0 fully saturated rings. The van der Waals surface area contributed by atoms with E-state index in [9.17, 15) is 4.79 Å². The third-order valence-corrected chi connectivity index (χ3v) is 9.48. The largest absolute Gasteiger partial charge is 0.290 e. The molecule has 33 heavy (non-hydrogen) atoms. The molecule has 0 radical (unpaired) electrons. The molecule has 160 valence electrons. The summed E-state index contributed by atoms with van der Waals surface area (Å²) >= 11 is 0. The lowest BCUT2D eigenvalue weighted by atomic mass is 10.2. The highest BCUT2D eigenvalue weighted by Crippen LogP contribution is 2.61. The van der Waals surface area contributed by atoms with Crippen LogP contribution in [0.4, 0.5) is 0 Å². The molecule has 0 unspecified atom stereocenters. The van der Waals surface area contributed by atoms with Crippen molar-refractivity contribution in [1.29, 1.82) is 5.53 Å². The second kappa shape index (κ2) is 10.4. The fraction of sp³-hybridized carbons (Fsp3) is 0. The quantitative estimate of drug-likeness (QED) is 0.238. The molecule has 4 aromatic rings. The lowest BCUT2D eigenvalue weighted by molar-refractivity contribution is 0.0968. The van der Waals surface area contributed by atoms with Crippen LogP contribution in [0.3, 0.4) is 0 Å². The summed E-state index contributed by atoms with van der Waals surface area (Å²) in [5.74, 6) is -0.241. The van der Waals surface area contributed by atoms with Gasteiger partial charge in [0.1, 0.15) is 21.4 Å². The summed E-state index contributed by atoms with van der Waals surface area (Å²) < 4.78 is 0. The van der Waals surface area contributed by atoms with Gasteiger partial charge in [0, 0.05) is 5.56 Å². The molecular formula is C27H23N4OP+2. The van der Waals surface area contributed by atoms with Crippen LogP contribution < -0.4 is 26.1 Å². The van der Waals surface area contributed by atoms with E-state index in [2.05, 4.69) is 51.7 Å². The third-order valence-electron chi connectivity index (χ3n) is 5.31. The van der Waals surface area contributed by atoms with E-state index < -0.39 is 7.26 Å². The number of hydrogen-bond acceptors (Lipinski definition) is 3. The van der Waals surface area contributed by atoms with E-state index in [0.29, 0.717) is 11.0 Å². The predicted molar refractivity (Wildman–Crippen MR) is 134 cm³/mol. The molecule has 0 saturated carbocycles. The second-order valence-corrected chi connectivity index (χ2v) is 10.6. The Morgan fingerprint density at radius 3 is 1.48 bits per heavy atom. The molecule has 0 aliphatic heterocycles. The minimum absolute atomic E-state index is 0.241. The first kappa shape index (κ1) is 22.0. The maximum Gasteiger partial charge on any atom is 0.258 e. The monoisotopic (exact) mass is 450 g/mol. The van der Waals surface area contributed by atoms with E-state index >= 15 is 0 Å². The smallest absolute Gasteiger partial charge is 0.258 e.